The molecule has 0 unspecified atom stereocenters. The third-order valence-corrected chi connectivity index (χ3v) is 7.02. The lowest BCUT2D eigenvalue weighted by Crippen LogP contribution is -2.37. The van der Waals surface area contributed by atoms with Crippen molar-refractivity contribution in [2.24, 2.45) is 0 Å². The molecule has 1 aromatic heterocycles. The van der Waals surface area contributed by atoms with Gasteiger partial charge in [-0.25, -0.2) is 0 Å². The van der Waals surface area contributed by atoms with Gasteiger partial charge >= 0.3 is 0 Å². The van der Waals surface area contributed by atoms with Crippen LogP contribution in [0.25, 0.3) is 0 Å². The van der Waals surface area contributed by atoms with Crippen molar-refractivity contribution in [1.82, 2.24) is 15.1 Å². The number of amides is 1. The summed E-state index contributed by atoms with van der Waals surface area (Å²) < 4.78 is 11.6. The summed E-state index contributed by atoms with van der Waals surface area (Å²) in [5.74, 6) is 1.84. The molecule has 0 spiro atoms. The number of fused-ring (bicyclic) bond motifs is 1. The molecule has 0 saturated heterocycles. The molecule has 0 aliphatic carbocycles. The number of hydrogen-bond donors (Lipinski definition) is 1. The minimum absolute atomic E-state index is 0.0915. The predicted molar refractivity (Wildman–Crippen MR) is 124 cm³/mol. The Morgan fingerprint density at radius 2 is 1.94 bits per heavy atom. The van der Waals surface area contributed by atoms with E-state index in [9.17, 15) is 4.79 Å². The number of methoxy groups -OCH3 is 2. The van der Waals surface area contributed by atoms with E-state index in [0.29, 0.717) is 29.7 Å². The molecule has 1 N–H and O–H groups in total. The van der Waals surface area contributed by atoms with Gasteiger partial charge in [-0.15, -0.1) is 10.2 Å². The van der Waals surface area contributed by atoms with E-state index in [2.05, 4.69) is 21.6 Å². The zero-order chi connectivity index (χ0) is 21.8. The number of carbonyl (C=O) groups excluding carboxylic acids is 1. The molecule has 0 atom stereocenters. The highest BCUT2D eigenvalue weighted by Gasteiger charge is 2.23. The molecule has 1 aliphatic heterocycles. The van der Waals surface area contributed by atoms with Crippen LogP contribution in [0, 0.1) is 6.92 Å². The maximum Gasteiger partial charge on any atom is 0.233 e. The summed E-state index contributed by atoms with van der Waals surface area (Å²) in [6.45, 7) is 3.31. The van der Waals surface area contributed by atoms with E-state index in [1.54, 1.807) is 14.2 Å². The van der Waals surface area contributed by atoms with E-state index in [1.807, 2.05) is 42.2 Å². The second-order valence-electron chi connectivity index (χ2n) is 7.20. The lowest BCUT2D eigenvalue weighted by atomic mass is 9.99. The van der Waals surface area contributed by atoms with Gasteiger partial charge in [0, 0.05) is 18.8 Å². The van der Waals surface area contributed by atoms with Gasteiger partial charge in [0.2, 0.25) is 11.0 Å². The number of thioether (sulfide) groups is 1. The van der Waals surface area contributed by atoms with Crippen molar-refractivity contribution in [3.63, 3.8) is 0 Å². The summed E-state index contributed by atoms with van der Waals surface area (Å²) in [6, 6.07) is 12.1. The van der Waals surface area contributed by atoms with Gasteiger partial charge in [0.1, 0.15) is 0 Å². The van der Waals surface area contributed by atoms with Gasteiger partial charge in [0.15, 0.2) is 15.8 Å². The second-order valence-corrected chi connectivity index (χ2v) is 9.40. The molecule has 1 aliphatic rings. The molecule has 162 valence electrons. The van der Waals surface area contributed by atoms with E-state index < -0.39 is 0 Å². The lowest BCUT2D eigenvalue weighted by Gasteiger charge is -2.29. The third-order valence-electron chi connectivity index (χ3n) is 5.07. The highest BCUT2D eigenvalue weighted by atomic mass is 32.2. The Morgan fingerprint density at radius 3 is 2.68 bits per heavy atom. The third kappa shape index (κ3) is 5.11. The van der Waals surface area contributed by atoms with Crippen LogP contribution < -0.4 is 14.8 Å². The van der Waals surface area contributed by atoms with E-state index in [0.717, 1.165) is 27.8 Å². The average molecular weight is 457 g/mol. The first-order valence-electron chi connectivity index (χ1n) is 9.87. The van der Waals surface area contributed by atoms with Crippen LogP contribution in [-0.2, 0) is 17.8 Å². The molecule has 3 aromatic rings. The minimum Gasteiger partial charge on any atom is -0.493 e. The molecule has 9 heteroatoms. The normalized spacial score (nSPS) is 12.9. The number of anilines is 2. The van der Waals surface area contributed by atoms with Crippen molar-refractivity contribution in [3.8, 4) is 11.5 Å². The lowest BCUT2D eigenvalue weighted by molar-refractivity contribution is -0.129. The number of nitrogens with one attached hydrogen (secondary N) is 1. The number of rotatable bonds is 7. The highest BCUT2D eigenvalue weighted by molar-refractivity contribution is 8.01. The Labute approximate surface area is 189 Å². The first kappa shape index (κ1) is 21.5. The van der Waals surface area contributed by atoms with E-state index >= 15 is 0 Å². The average Bonchev–Trinajstić information content (AvgIpc) is 3.23. The summed E-state index contributed by atoms with van der Waals surface area (Å²) in [6.07, 6.45) is 0.801. The van der Waals surface area contributed by atoms with Gasteiger partial charge in [-0.05, 0) is 54.3 Å². The van der Waals surface area contributed by atoms with Crippen LogP contribution in [-0.4, -0.2) is 47.5 Å². The summed E-state index contributed by atoms with van der Waals surface area (Å²) in [5, 5.41) is 12.4. The van der Waals surface area contributed by atoms with E-state index in [1.165, 1.54) is 34.2 Å². The van der Waals surface area contributed by atoms with Gasteiger partial charge < -0.3 is 19.7 Å². The largest absolute Gasteiger partial charge is 0.493 e. The molecule has 7 nitrogen and oxygen atoms in total. The van der Waals surface area contributed by atoms with E-state index in [-0.39, 0.29) is 5.91 Å². The number of benzene rings is 2. The molecule has 2 heterocycles. The summed E-state index contributed by atoms with van der Waals surface area (Å²) in [4.78, 5) is 14.7. The van der Waals surface area contributed by atoms with Gasteiger partial charge in [0.05, 0.1) is 20.0 Å². The number of nitrogens with zero attached hydrogens (tertiary/aromatic N) is 3. The van der Waals surface area contributed by atoms with Crippen molar-refractivity contribution in [2.45, 2.75) is 24.2 Å². The monoisotopic (exact) mass is 456 g/mol. The van der Waals surface area contributed by atoms with Crippen molar-refractivity contribution in [2.75, 3.05) is 31.8 Å². The van der Waals surface area contributed by atoms with Crippen LogP contribution >= 0.6 is 23.1 Å². The molecule has 0 fully saturated rings. The molecule has 0 radical (unpaired) electrons. The Bertz CT molecular complexity index is 1090. The minimum atomic E-state index is 0.0915. The molecular formula is C22H24N4O3S2. The van der Waals surface area contributed by atoms with Gasteiger partial charge in [-0.2, -0.15) is 0 Å². The van der Waals surface area contributed by atoms with Crippen LogP contribution in [0.5, 0.6) is 11.5 Å². The fourth-order valence-corrected chi connectivity index (χ4v) is 5.15. The number of ether oxygens (including phenoxy) is 2. The second kappa shape index (κ2) is 9.57. The van der Waals surface area contributed by atoms with Crippen molar-refractivity contribution >= 4 is 39.8 Å². The number of aromatic nitrogens is 2. The Balaban J connectivity index is 1.34. The Hall–Kier alpha value is -2.78. The van der Waals surface area contributed by atoms with Crippen LogP contribution in [0.3, 0.4) is 0 Å². The number of hydrogen-bond acceptors (Lipinski definition) is 8. The predicted octanol–water partition coefficient (Wildman–Crippen LogP) is 4.28. The Morgan fingerprint density at radius 1 is 1.16 bits per heavy atom. The number of aryl methyl sites for hydroxylation is 1. The standard InChI is InChI=1S/C22H24N4O3S2/c1-14-5-4-6-17(9-14)23-21-24-25-22(31-21)30-13-20(27)26-8-7-15-10-18(28-2)19(29-3)11-16(15)12-26/h4-6,9-11H,7-8,12-13H2,1-3H3,(H,23,24). The van der Waals surface area contributed by atoms with E-state index in [4.69, 9.17) is 9.47 Å². The smallest absolute Gasteiger partial charge is 0.233 e. The summed E-state index contributed by atoms with van der Waals surface area (Å²) in [5.41, 5.74) is 4.45. The van der Waals surface area contributed by atoms with Crippen LogP contribution in [0.2, 0.25) is 0 Å². The number of carbonyl (C=O) groups is 1. The molecule has 31 heavy (non-hydrogen) atoms. The molecule has 0 bridgehead atoms. The maximum absolute atomic E-state index is 12.8. The zero-order valence-electron chi connectivity index (χ0n) is 17.7. The fourth-order valence-electron chi connectivity index (χ4n) is 3.48. The van der Waals surface area contributed by atoms with Gasteiger partial charge in [0.25, 0.3) is 0 Å². The van der Waals surface area contributed by atoms with Crippen molar-refractivity contribution < 1.29 is 14.3 Å². The van der Waals surface area contributed by atoms with Gasteiger partial charge in [-0.3, -0.25) is 4.79 Å². The molecule has 2 aromatic carbocycles. The Kier molecular flexibility index (Phi) is 6.62. The first-order valence-corrected chi connectivity index (χ1v) is 11.7. The summed E-state index contributed by atoms with van der Waals surface area (Å²) in [7, 11) is 3.26. The van der Waals surface area contributed by atoms with Crippen LogP contribution in [0.4, 0.5) is 10.8 Å². The quantitative estimate of drug-likeness (QED) is 0.532. The highest BCUT2D eigenvalue weighted by Crippen LogP contribution is 2.34. The molecule has 4 rings (SSSR count). The maximum atomic E-state index is 12.8. The van der Waals surface area contributed by atoms with Crippen molar-refractivity contribution in [3.05, 3.63) is 53.1 Å². The SMILES string of the molecule is COc1cc2c(cc1OC)CN(C(=O)CSc1nnc(Nc3cccc(C)c3)s1)CC2. The van der Waals surface area contributed by atoms with Crippen LogP contribution in [0.1, 0.15) is 16.7 Å². The fraction of sp³-hybridized carbons (Fsp3) is 0.318. The zero-order valence-corrected chi connectivity index (χ0v) is 19.3. The summed E-state index contributed by atoms with van der Waals surface area (Å²) >= 11 is 2.87. The van der Waals surface area contributed by atoms with Crippen LogP contribution in [0.15, 0.2) is 40.7 Å². The molecule has 1 amide bonds. The van der Waals surface area contributed by atoms with Crippen molar-refractivity contribution in [1.29, 1.82) is 0 Å². The molecular weight excluding hydrogens is 432 g/mol. The topological polar surface area (TPSA) is 76.6 Å². The van der Waals surface area contributed by atoms with Gasteiger partial charge in [-0.1, -0.05) is 35.2 Å². The molecule has 0 saturated carbocycles. The first-order chi connectivity index (χ1) is 15.1.